The van der Waals surface area contributed by atoms with Gasteiger partial charge in [-0.25, -0.2) is 4.79 Å². The maximum absolute atomic E-state index is 11.6. The second kappa shape index (κ2) is 5.32. The van der Waals surface area contributed by atoms with Crippen molar-refractivity contribution in [1.29, 1.82) is 0 Å². The summed E-state index contributed by atoms with van der Waals surface area (Å²) < 4.78 is 4.81. The summed E-state index contributed by atoms with van der Waals surface area (Å²) in [4.78, 5) is 14.0. The monoisotopic (exact) mass is 233 g/mol. The molecular weight excluding hydrogens is 214 g/mol. The van der Waals surface area contributed by atoms with Gasteiger partial charge in [-0.3, -0.25) is 4.90 Å². The third kappa shape index (κ3) is 2.86. The maximum Gasteiger partial charge on any atom is 0.338 e. The highest BCUT2D eigenvalue weighted by Crippen LogP contribution is 2.19. The van der Waals surface area contributed by atoms with Crippen LogP contribution in [-0.4, -0.2) is 31.1 Å². The molecule has 1 aliphatic heterocycles. The van der Waals surface area contributed by atoms with E-state index in [0.717, 1.165) is 31.1 Å². The topological polar surface area (TPSA) is 29.5 Å². The van der Waals surface area contributed by atoms with Crippen molar-refractivity contribution in [1.82, 2.24) is 4.90 Å². The van der Waals surface area contributed by atoms with Gasteiger partial charge < -0.3 is 4.74 Å². The van der Waals surface area contributed by atoms with Gasteiger partial charge in [-0.05, 0) is 30.5 Å². The fourth-order valence-electron chi connectivity index (χ4n) is 2.38. The van der Waals surface area contributed by atoms with Crippen molar-refractivity contribution in [2.75, 3.05) is 20.2 Å². The Morgan fingerprint density at radius 2 is 2.24 bits per heavy atom. The molecule has 17 heavy (non-hydrogen) atoms. The quantitative estimate of drug-likeness (QED) is 0.750. The number of likely N-dealkylation sites (tertiary alicyclic amines) is 1. The molecule has 0 saturated carbocycles. The van der Waals surface area contributed by atoms with Crippen molar-refractivity contribution in [3.63, 3.8) is 0 Å². The Morgan fingerprint density at radius 3 is 2.88 bits per heavy atom. The number of rotatable bonds is 3. The SMILES string of the molecule is COC(=O)c1ccccc1CN1CCC(C)C1. The summed E-state index contributed by atoms with van der Waals surface area (Å²) in [7, 11) is 1.43. The molecule has 0 aliphatic carbocycles. The molecule has 1 aliphatic rings. The predicted octanol–water partition coefficient (Wildman–Crippen LogP) is 2.32. The summed E-state index contributed by atoms with van der Waals surface area (Å²) >= 11 is 0. The normalized spacial score (nSPS) is 20.5. The lowest BCUT2D eigenvalue weighted by Crippen LogP contribution is -2.21. The van der Waals surface area contributed by atoms with E-state index in [0.29, 0.717) is 5.56 Å². The average molecular weight is 233 g/mol. The molecule has 0 spiro atoms. The number of carbonyl (C=O) groups is 1. The lowest BCUT2D eigenvalue weighted by atomic mass is 10.1. The van der Waals surface area contributed by atoms with E-state index in [-0.39, 0.29) is 5.97 Å². The number of hydrogen-bond acceptors (Lipinski definition) is 3. The third-order valence-corrected chi connectivity index (χ3v) is 3.32. The van der Waals surface area contributed by atoms with Crippen LogP contribution in [0.2, 0.25) is 0 Å². The van der Waals surface area contributed by atoms with Gasteiger partial charge in [0.05, 0.1) is 12.7 Å². The van der Waals surface area contributed by atoms with Gasteiger partial charge in [-0.15, -0.1) is 0 Å². The van der Waals surface area contributed by atoms with E-state index in [1.807, 2.05) is 24.3 Å². The van der Waals surface area contributed by atoms with Crippen LogP contribution in [0.15, 0.2) is 24.3 Å². The first-order valence-corrected chi connectivity index (χ1v) is 6.09. The van der Waals surface area contributed by atoms with E-state index in [2.05, 4.69) is 11.8 Å². The average Bonchev–Trinajstić information content (AvgIpc) is 2.74. The van der Waals surface area contributed by atoms with Crippen LogP contribution in [0.4, 0.5) is 0 Å². The number of hydrogen-bond donors (Lipinski definition) is 0. The Labute approximate surface area is 102 Å². The van der Waals surface area contributed by atoms with Crippen LogP contribution in [-0.2, 0) is 11.3 Å². The molecule has 0 radical (unpaired) electrons. The molecule has 1 unspecified atom stereocenters. The fraction of sp³-hybridized carbons (Fsp3) is 0.500. The van der Waals surface area contributed by atoms with Crippen LogP contribution in [0.25, 0.3) is 0 Å². The fourth-order valence-corrected chi connectivity index (χ4v) is 2.38. The van der Waals surface area contributed by atoms with Crippen molar-refractivity contribution >= 4 is 5.97 Å². The molecule has 1 fully saturated rings. The Morgan fingerprint density at radius 1 is 1.47 bits per heavy atom. The summed E-state index contributed by atoms with van der Waals surface area (Å²) in [6.07, 6.45) is 1.25. The number of carbonyl (C=O) groups excluding carboxylic acids is 1. The Balaban J connectivity index is 2.12. The highest BCUT2D eigenvalue weighted by atomic mass is 16.5. The number of methoxy groups -OCH3 is 1. The predicted molar refractivity (Wildman–Crippen MR) is 66.8 cm³/mol. The molecule has 92 valence electrons. The van der Waals surface area contributed by atoms with E-state index in [4.69, 9.17) is 4.74 Å². The van der Waals surface area contributed by atoms with E-state index < -0.39 is 0 Å². The molecule has 1 aromatic rings. The number of esters is 1. The van der Waals surface area contributed by atoms with Crippen LogP contribution in [0.5, 0.6) is 0 Å². The van der Waals surface area contributed by atoms with Gasteiger partial charge in [0.15, 0.2) is 0 Å². The van der Waals surface area contributed by atoms with Crippen LogP contribution >= 0.6 is 0 Å². The summed E-state index contributed by atoms with van der Waals surface area (Å²) in [5.41, 5.74) is 1.75. The number of benzene rings is 1. The van der Waals surface area contributed by atoms with Crippen molar-refractivity contribution in [2.24, 2.45) is 5.92 Å². The highest BCUT2D eigenvalue weighted by Gasteiger charge is 2.20. The van der Waals surface area contributed by atoms with Crippen LogP contribution in [0.1, 0.15) is 29.3 Å². The first kappa shape index (κ1) is 12.1. The zero-order chi connectivity index (χ0) is 12.3. The second-order valence-corrected chi connectivity index (χ2v) is 4.78. The van der Waals surface area contributed by atoms with Crippen molar-refractivity contribution in [3.8, 4) is 0 Å². The van der Waals surface area contributed by atoms with E-state index >= 15 is 0 Å². The molecule has 0 N–H and O–H groups in total. The molecule has 0 amide bonds. The van der Waals surface area contributed by atoms with Crippen molar-refractivity contribution < 1.29 is 9.53 Å². The third-order valence-electron chi connectivity index (χ3n) is 3.32. The summed E-state index contributed by atoms with van der Waals surface area (Å²) in [5, 5.41) is 0. The summed E-state index contributed by atoms with van der Waals surface area (Å²) in [6, 6.07) is 7.69. The molecule has 3 nitrogen and oxygen atoms in total. The van der Waals surface area contributed by atoms with E-state index in [1.54, 1.807) is 0 Å². The van der Waals surface area contributed by atoms with Gasteiger partial charge in [0.2, 0.25) is 0 Å². The van der Waals surface area contributed by atoms with E-state index in [9.17, 15) is 4.79 Å². The standard InChI is InChI=1S/C14H19NO2/c1-11-7-8-15(9-11)10-12-5-3-4-6-13(12)14(16)17-2/h3-6,11H,7-10H2,1-2H3. The molecule has 1 heterocycles. The van der Waals surface area contributed by atoms with Gasteiger partial charge >= 0.3 is 5.97 Å². The minimum absolute atomic E-state index is 0.243. The maximum atomic E-state index is 11.6. The number of ether oxygens (including phenoxy) is 1. The Bertz CT molecular complexity index is 403. The molecule has 1 saturated heterocycles. The summed E-state index contributed by atoms with van der Waals surface area (Å²) in [6.45, 7) is 5.36. The molecule has 2 rings (SSSR count). The van der Waals surface area contributed by atoms with Gasteiger partial charge in [0.25, 0.3) is 0 Å². The van der Waals surface area contributed by atoms with Gasteiger partial charge in [-0.2, -0.15) is 0 Å². The zero-order valence-electron chi connectivity index (χ0n) is 10.5. The zero-order valence-corrected chi connectivity index (χ0v) is 10.5. The van der Waals surface area contributed by atoms with Crippen molar-refractivity contribution in [3.05, 3.63) is 35.4 Å². The molecule has 3 heteroatoms. The Hall–Kier alpha value is -1.35. The van der Waals surface area contributed by atoms with Crippen LogP contribution in [0, 0.1) is 5.92 Å². The molecule has 1 atom stereocenters. The van der Waals surface area contributed by atoms with Crippen LogP contribution in [0.3, 0.4) is 0 Å². The van der Waals surface area contributed by atoms with Crippen molar-refractivity contribution in [2.45, 2.75) is 19.9 Å². The molecule has 0 bridgehead atoms. The lowest BCUT2D eigenvalue weighted by Gasteiger charge is -2.17. The molecular formula is C14H19NO2. The smallest absolute Gasteiger partial charge is 0.338 e. The van der Waals surface area contributed by atoms with E-state index in [1.165, 1.54) is 13.5 Å². The minimum atomic E-state index is -0.243. The highest BCUT2D eigenvalue weighted by molar-refractivity contribution is 5.90. The van der Waals surface area contributed by atoms with Crippen LogP contribution < -0.4 is 0 Å². The summed E-state index contributed by atoms with van der Waals surface area (Å²) in [5.74, 6) is 0.521. The second-order valence-electron chi connectivity index (χ2n) is 4.78. The minimum Gasteiger partial charge on any atom is -0.465 e. The Kier molecular flexibility index (Phi) is 3.79. The van der Waals surface area contributed by atoms with Gasteiger partial charge in [0.1, 0.15) is 0 Å². The largest absolute Gasteiger partial charge is 0.465 e. The lowest BCUT2D eigenvalue weighted by molar-refractivity contribution is 0.0598. The van der Waals surface area contributed by atoms with Gasteiger partial charge in [-0.1, -0.05) is 25.1 Å². The van der Waals surface area contributed by atoms with Gasteiger partial charge in [0, 0.05) is 13.1 Å². The first-order valence-electron chi connectivity index (χ1n) is 6.09. The molecule has 0 aromatic heterocycles. The first-order chi connectivity index (χ1) is 8.20. The molecule has 1 aromatic carbocycles. The number of nitrogens with zero attached hydrogens (tertiary/aromatic N) is 1.